The maximum absolute atomic E-state index is 12.2. The van der Waals surface area contributed by atoms with E-state index in [4.69, 9.17) is 16.0 Å². The number of benzene rings is 1. The largest absolute Gasteiger partial charge is 0.573 e. The molecule has 3 nitrogen and oxygen atoms in total. The van der Waals surface area contributed by atoms with Crippen LogP contribution in [0.3, 0.4) is 0 Å². The molecule has 0 bridgehead atoms. The van der Waals surface area contributed by atoms with E-state index in [9.17, 15) is 13.2 Å². The van der Waals surface area contributed by atoms with Gasteiger partial charge in [0, 0.05) is 4.47 Å². The van der Waals surface area contributed by atoms with Gasteiger partial charge in [0.2, 0.25) is 0 Å². The minimum Gasteiger partial charge on any atom is -0.429 e. The van der Waals surface area contributed by atoms with E-state index in [1.807, 2.05) is 0 Å². The average Bonchev–Trinajstić information content (AvgIpc) is 2.52. The van der Waals surface area contributed by atoms with Gasteiger partial charge in [-0.25, -0.2) is 0 Å². The first-order valence-corrected chi connectivity index (χ1v) is 5.62. The molecule has 0 amide bonds. The Labute approximate surface area is 111 Å². The summed E-state index contributed by atoms with van der Waals surface area (Å²) in [6.07, 6.45) is -4.86. The maximum Gasteiger partial charge on any atom is 0.573 e. The highest BCUT2D eigenvalue weighted by Crippen LogP contribution is 2.41. The molecule has 0 aliphatic rings. The molecule has 1 aromatic heterocycles. The Morgan fingerprint density at radius 3 is 2.71 bits per heavy atom. The van der Waals surface area contributed by atoms with Gasteiger partial charge in [0.25, 0.3) is 4.84 Å². The van der Waals surface area contributed by atoms with Gasteiger partial charge in [-0.15, -0.1) is 13.2 Å². The first kappa shape index (κ1) is 12.7. The fourth-order valence-corrected chi connectivity index (χ4v) is 1.99. The second-order valence-corrected chi connectivity index (χ2v) is 4.54. The summed E-state index contributed by atoms with van der Waals surface area (Å²) < 4.78 is 45.7. The van der Waals surface area contributed by atoms with Gasteiger partial charge in [0.15, 0.2) is 11.3 Å². The molecule has 1 N–H and O–H groups in total. The molecule has 1 aromatic carbocycles. The normalized spacial score (nSPS) is 12.1. The fourth-order valence-electron chi connectivity index (χ4n) is 1.22. The van der Waals surface area contributed by atoms with Gasteiger partial charge in [-0.3, -0.25) is 0 Å². The lowest BCUT2D eigenvalue weighted by Crippen LogP contribution is -2.17. The van der Waals surface area contributed by atoms with Gasteiger partial charge in [0.05, 0.1) is 5.02 Å². The topological polar surface area (TPSA) is 38.2 Å². The van der Waals surface area contributed by atoms with Gasteiger partial charge in [-0.1, -0.05) is 11.6 Å². The molecule has 1 heterocycles. The summed E-state index contributed by atoms with van der Waals surface area (Å²) in [5.41, 5.74) is 0.0750. The van der Waals surface area contributed by atoms with Gasteiger partial charge >= 0.3 is 6.36 Å². The molecule has 9 heteroatoms. The van der Waals surface area contributed by atoms with Crippen molar-refractivity contribution < 1.29 is 22.3 Å². The first-order valence-electron chi connectivity index (χ1n) is 4.04. The van der Waals surface area contributed by atoms with Crippen LogP contribution >= 0.6 is 39.7 Å². The summed E-state index contributed by atoms with van der Waals surface area (Å²) in [5, 5.41) is -0.220. The van der Waals surface area contributed by atoms with Gasteiger partial charge in [-0.05, 0) is 34.2 Å². The van der Waals surface area contributed by atoms with E-state index in [-0.39, 0.29) is 25.4 Å². The Bertz CT molecular complexity index is 636. The van der Waals surface area contributed by atoms with Crippen LogP contribution in [-0.4, -0.2) is 11.3 Å². The van der Waals surface area contributed by atoms with Crippen molar-refractivity contribution in [1.82, 2.24) is 4.98 Å². The number of halogens is 5. The number of nitrogens with one attached hydrogen (secondary N) is 1. The molecule has 2 aromatic rings. The van der Waals surface area contributed by atoms with Crippen LogP contribution in [0.4, 0.5) is 13.2 Å². The SMILES string of the molecule is FC(F)(F)Oc1c(Cl)c(Br)cc2oc(=S)[nH]c12. The quantitative estimate of drug-likeness (QED) is 0.752. The summed E-state index contributed by atoms with van der Waals surface area (Å²) in [7, 11) is 0. The molecule has 2 rings (SSSR count). The lowest BCUT2D eigenvalue weighted by atomic mass is 10.3. The molecular formula is C8H2BrClF3NO2S. The molecule has 0 atom stereocenters. The molecule has 0 radical (unpaired) electrons. The molecule has 0 saturated heterocycles. The van der Waals surface area contributed by atoms with E-state index in [1.54, 1.807) is 0 Å². The van der Waals surface area contributed by atoms with Crippen LogP contribution in [0.2, 0.25) is 5.02 Å². The van der Waals surface area contributed by atoms with E-state index < -0.39 is 12.1 Å². The number of ether oxygens (including phenoxy) is 1. The molecule has 0 unspecified atom stereocenters. The Kier molecular flexibility index (Phi) is 3.13. The predicted molar refractivity (Wildman–Crippen MR) is 60.8 cm³/mol. The maximum atomic E-state index is 12.2. The van der Waals surface area contributed by atoms with Crippen LogP contribution in [0.25, 0.3) is 11.1 Å². The van der Waals surface area contributed by atoms with Crippen molar-refractivity contribution in [3.05, 3.63) is 20.4 Å². The number of alkyl halides is 3. The number of hydrogen-bond acceptors (Lipinski definition) is 3. The zero-order chi connectivity index (χ0) is 12.8. The van der Waals surface area contributed by atoms with Crippen molar-refractivity contribution in [3.8, 4) is 5.75 Å². The second-order valence-electron chi connectivity index (χ2n) is 2.94. The number of H-pyrrole nitrogens is 1. The lowest BCUT2D eigenvalue weighted by Gasteiger charge is -2.11. The molecule has 0 aliphatic heterocycles. The monoisotopic (exact) mass is 347 g/mol. The lowest BCUT2D eigenvalue weighted by molar-refractivity contribution is -0.274. The minimum absolute atomic E-state index is 0.0412. The third kappa shape index (κ3) is 2.58. The number of hydrogen-bond donors (Lipinski definition) is 1. The fraction of sp³-hybridized carbons (Fsp3) is 0.125. The van der Waals surface area contributed by atoms with E-state index >= 15 is 0 Å². The van der Waals surface area contributed by atoms with Crippen LogP contribution in [0.1, 0.15) is 0 Å². The first-order chi connectivity index (χ1) is 7.78. The highest BCUT2D eigenvalue weighted by molar-refractivity contribution is 9.10. The number of aromatic nitrogens is 1. The van der Waals surface area contributed by atoms with Crippen LogP contribution < -0.4 is 4.74 Å². The molecule has 92 valence electrons. The molecule has 0 saturated carbocycles. The molecule has 0 spiro atoms. The number of fused-ring (bicyclic) bond motifs is 1. The smallest absolute Gasteiger partial charge is 0.429 e. The molecule has 17 heavy (non-hydrogen) atoms. The molecular weight excluding hydrogens is 347 g/mol. The number of rotatable bonds is 1. The molecule has 0 aliphatic carbocycles. The van der Waals surface area contributed by atoms with Crippen molar-refractivity contribution in [1.29, 1.82) is 0 Å². The standard InChI is InChI=1S/C8H2BrClF3NO2S/c9-2-1-3-5(14-7(17)15-3)6(4(2)10)16-8(11,12)13/h1H,(H,14,17). The van der Waals surface area contributed by atoms with Crippen LogP contribution in [0, 0.1) is 4.84 Å². The van der Waals surface area contributed by atoms with Crippen molar-refractivity contribution in [3.63, 3.8) is 0 Å². The van der Waals surface area contributed by atoms with Crippen LogP contribution in [0.15, 0.2) is 15.0 Å². The van der Waals surface area contributed by atoms with E-state index in [1.165, 1.54) is 6.07 Å². The van der Waals surface area contributed by atoms with Crippen LogP contribution in [0.5, 0.6) is 5.75 Å². The average molecular weight is 349 g/mol. The minimum atomic E-state index is -4.86. The van der Waals surface area contributed by atoms with Crippen molar-refractivity contribution in [2.24, 2.45) is 0 Å². The zero-order valence-corrected chi connectivity index (χ0v) is 10.9. The third-order valence-corrected chi connectivity index (χ3v) is 3.20. The Morgan fingerprint density at radius 2 is 2.12 bits per heavy atom. The number of oxazole rings is 1. The van der Waals surface area contributed by atoms with Gasteiger partial charge < -0.3 is 14.1 Å². The second kappa shape index (κ2) is 4.18. The highest BCUT2D eigenvalue weighted by Gasteiger charge is 2.34. The third-order valence-electron chi connectivity index (χ3n) is 1.79. The summed E-state index contributed by atoms with van der Waals surface area (Å²) >= 11 is 13.4. The van der Waals surface area contributed by atoms with Gasteiger partial charge in [-0.2, -0.15) is 0 Å². The van der Waals surface area contributed by atoms with E-state index in [2.05, 4.69) is 37.9 Å². The van der Waals surface area contributed by atoms with E-state index in [0.29, 0.717) is 0 Å². The van der Waals surface area contributed by atoms with Crippen LogP contribution in [-0.2, 0) is 0 Å². The van der Waals surface area contributed by atoms with Gasteiger partial charge in [0.1, 0.15) is 5.52 Å². The Balaban J connectivity index is 2.73. The summed E-state index contributed by atoms with van der Waals surface area (Å²) in [5.74, 6) is -0.580. The zero-order valence-electron chi connectivity index (χ0n) is 7.69. The summed E-state index contributed by atoms with van der Waals surface area (Å²) in [4.78, 5) is 2.37. The van der Waals surface area contributed by atoms with Crippen molar-refractivity contribution >= 4 is 50.8 Å². The Hall–Kier alpha value is -0.730. The molecule has 0 fully saturated rings. The Morgan fingerprint density at radius 1 is 1.47 bits per heavy atom. The summed E-state index contributed by atoms with van der Waals surface area (Å²) in [6, 6.07) is 1.40. The number of aromatic amines is 1. The van der Waals surface area contributed by atoms with Crippen molar-refractivity contribution in [2.45, 2.75) is 6.36 Å². The summed E-state index contributed by atoms with van der Waals surface area (Å²) in [6.45, 7) is 0. The van der Waals surface area contributed by atoms with E-state index in [0.717, 1.165) is 0 Å². The predicted octanol–water partition coefficient (Wildman–Crippen LogP) is 4.80. The highest BCUT2D eigenvalue weighted by atomic mass is 79.9. The van der Waals surface area contributed by atoms with Crippen molar-refractivity contribution in [2.75, 3.05) is 0 Å².